The Morgan fingerprint density at radius 2 is 1.97 bits per heavy atom. The Labute approximate surface area is 185 Å². The predicted octanol–water partition coefficient (Wildman–Crippen LogP) is 6.61. The zero-order valence-electron chi connectivity index (χ0n) is 20.6. The number of likely N-dealkylation sites (N-methyl/N-ethyl adjacent to an activating group) is 1. The molecule has 0 amide bonds. The number of carbonyl (C=O) groups excluding carboxylic acids is 1. The third-order valence-corrected chi connectivity index (χ3v) is 8.51. The maximum atomic E-state index is 11.9. The molecule has 6 atom stereocenters. The second-order valence-corrected chi connectivity index (χ2v) is 11.0. The molecule has 2 fully saturated rings. The van der Waals surface area contributed by atoms with Gasteiger partial charge < -0.3 is 9.69 Å². The van der Waals surface area contributed by atoms with Crippen molar-refractivity contribution >= 4 is 6.29 Å². The third kappa shape index (κ3) is 4.40. The average molecular weight is 412 g/mol. The van der Waals surface area contributed by atoms with E-state index in [1.807, 2.05) is 0 Å². The fourth-order valence-corrected chi connectivity index (χ4v) is 6.83. The van der Waals surface area contributed by atoms with E-state index >= 15 is 0 Å². The lowest BCUT2D eigenvalue weighted by Crippen LogP contribution is -2.39. The van der Waals surface area contributed by atoms with Crippen molar-refractivity contribution < 1.29 is 4.79 Å². The zero-order chi connectivity index (χ0) is 22.1. The fraction of sp³-hybridized carbons (Fsp3) is 0.750. The molecular weight excluding hydrogens is 366 g/mol. The minimum Gasteiger partial charge on any atom is -0.303 e. The van der Waals surface area contributed by atoms with Crippen LogP contribution in [0, 0.1) is 36.5 Å². The molecule has 2 aliphatic rings. The molecule has 1 saturated heterocycles. The Morgan fingerprint density at radius 1 is 1.23 bits per heavy atom. The van der Waals surface area contributed by atoms with Gasteiger partial charge in [0.15, 0.2) is 0 Å². The number of piperidine rings is 1. The molecule has 1 aliphatic carbocycles. The van der Waals surface area contributed by atoms with Crippen LogP contribution >= 0.6 is 0 Å². The van der Waals surface area contributed by atoms with Crippen LogP contribution in [0.2, 0.25) is 0 Å². The quantitative estimate of drug-likeness (QED) is 0.426. The van der Waals surface area contributed by atoms with Gasteiger partial charge in [-0.05, 0) is 78.6 Å². The third-order valence-electron chi connectivity index (χ3n) is 8.51. The van der Waals surface area contributed by atoms with Crippen molar-refractivity contribution in [3.63, 3.8) is 0 Å². The Balaban J connectivity index is 1.96. The molecule has 2 nitrogen and oxygen atoms in total. The van der Waals surface area contributed by atoms with Crippen molar-refractivity contribution in [1.82, 2.24) is 4.90 Å². The standard InChI is InChI=1S/C28H45NO/c1-8-10-21(6)27-26(15-19(3)4)28(27,7)25-16-22(12-11-20(25)5)24-17-29(9-2)14-13-23(24)18-30/h11-12,16,18-19,21,23-24,26-27H,8-10,13-15,17H2,1-7H3/t21?,23?,24?,26-,27?,28?/m0/s1. The van der Waals surface area contributed by atoms with Gasteiger partial charge in [-0.3, -0.25) is 0 Å². The van der Waals surface area contributed by atoms with Gasteiger partial charge in [-0.1, -0.05) is 72.6 Å². The lowest BCUT2D eigenvalue weighted by Gasteiger charge is -2.36. The number of aldehydes is 1. The van der Waals surface area contributed by atoms with Crippen LogP contribution in [-0.2, 0) is 10.2 Å². The van der Waals surface area contributed by atoms with Gasteiger partial charge in [-0.2, -0.15) is 0 Å². The van der Waals surface area contributed by atoms with E-state index in [1.165, 1.54) is 36.7 Å². The highest BCUT2D eigenvalue weighted by Crippen LogP contribution is 2.66. The van der Waals surface area contributed by atoms with E-state index in [2.05, 4.69) is 71.6 Å². The van der Waals surface area contributed by atoms with Crippen LogP contribution in [0.15, 0.2) is 18.2 Å². The summed E-state index contributed by atoms with van der Waals surface area (Å²) in [6, 6.07) is 7.17. The molecule has 1 aliphatic heterocycles. The highest BCUT2D eigenvalue weighted by Gasteiger charge is 2.63. The SMILES string of the molecule is CCCC(C)C1[C@H](CC(C)C)C1(C)c1cc(C2CN(CC)CCC2C=O)ccc1C. The molecule has 0 aromatic heterocycles. The summed E-state index contributed by atoms with van der Waals surface area (Å²) in [6.07, 6.45) is 6.15. The molecule has 2 heteroatoms. The number of likely N-dealkylation sites (tertiary alicyclic amines) is 1. The van der Waals surface area contributed by atoms with Crippen LogP contribution in [-0.4, -0.2) is 30.8 Å². The number of carbonyl (C=O) groups is 1. The van der Waals surface area contributed by atoms with Crippen LogP contribution in [0.1, 0.15) is 89.8 Å². The first-order chi connectivity index (χ1) is 14.3. The summed E-state index contributed by atoms with van der Waals surface area (Å²) in [5, 5.41) is 0. The number of benzene rings is 1. The molecular formula is C28H45NO. The van der Waals surface area contributed by atoms with Gasteiger partial charge in [0, 0.05) is 18.4 Å². The molecule has 0 bridgehead atoms. The van der Waals surface area contributed by atoms with Gasteiger partial charge in [-0.25, -0.2) is 0 Å². The van der Waals surface area contributed by atoms with Gasteiger partial charge in [0.25, 0.3) is 0 Å². The van der Waals surface area contributed by atoms with E-state index < -0.39 is 0 Å². The molecule has 1 heterocycles. The van der Waals surface area contributed by atoms with Crippen LogP contribution in [0.3, 0.4) is 0 Å². The summed E-state index contributed by atoms with van der Waals surface area (Å²) in [6.45, 7) is 19.8. The minimum absolute atomic E-state index is 0.164. The monoisotopic (exact) mass is 411 g/mol. The van der Waals surface area contributed by atoms with E-state index in [4.69, 9.17) is 0 Å². The van der Waals surface area contributed by atoms with Crippen LogP contribution < -0.4 is 0 Å². The first-order valence-electron chi connectivity index (χ1n) is 12.6. The normalized spacial score (nSPS) is 32.9. The summed E-state index contributed by atoms with van der Waals surface area (Å²) in [5.74, 6) is 3.60. The van der Waals surface area contributed by atoms with Crippen molar-refractivity contribution in [2.75, 3.05) is 19.6 Å². The Kier molecular flexibility index (Phi) is 7.49. The molecule has 0 radical (unpaired) electrons. The molecule has 168 valence electrons. The van der Waals surface area contributed by atoms with E-state index in [9.17, 15) is 4.79 Å². The Morgan fingerprint density at radius 3 is 2.57 bits per heavy atom. The summed E-state index contributed by atoms with van der Waals surface area (Å²) in [5.41, 5.74) is 4.68. The summed E-state index contributed by atoms with van der Waals surface area (Å²) < 4.78 is 0. The molecule has 1 aromatic carbocycles. The van der Waals surface area contributed by atoms with Crippen molar-refractivity contribution in [1.29, 1.82) is 0 Å². The molecule has 1 saturated carbocycles. The summed E-state index contributed by atoms with van der Waals surface area (Å²) in [7, 11) is 0. The van der Waals surface area contributed by atoms with Gasteiger partial charge in [0.2, 0.25) is 0 Å². The Hall–Kier alpha value is -1.15. The number of rotatable bonds is 9. The first kappa shape index (κ1) is 23.5. The Bertz CT molecular complexity index is 725. The van der Waals surface area contributed by atoms with Crippen molar-refractivity contribution in [3.8, 4) is 0 Å². The number of hydrogen-bond acceptors (Lipinski definition) is 2. The second-order valence-electron chi connectivity index (χ2n) is 11.0. The molecule has 0 N–H and O–H groups in total. The molecule has 5 unspecified atom stereocenters. The van der Waals surface area contributed by atoms with Crippen LogP contribution in [0.25, 0.3) is 0 Å². The smallest absolute Gasteiger partial charge is 0.123 e. The van der Waals surface area contributed by atoms with E-state index in [0.717, 1.165) is 49.7 Å². The lowest BCUT2D eigenvalue weighted by atomic mass is 9.78. The number of hydrogen-bond donors (Lipinski definition) is 0. The zero-order valence-corrected chi connectivity index (χ0v) is 20.6. The highest BCUT2D eigenvalue weighted by molar-refractivity contribution is 5.57. The second kappa shape index (κ2) is 9.55. The minimum atomic E-state index is 0.164. The average Bonchev–Trinajstić information content (AvgIpc) is 3.31. The van der Waals surface area contributed by atoms with Crippen molar-refractivity contribution in [2.45, 2.75) is 85.5 Å². The van der Waals surface area contributed by atoms with Gasteiger partial charge in [0.05, 0.1) is 0 Å². The van der Waals surface area contributed by atoms with Crippen molar-refractivity contribution in [2.24, 2.45) is 29.6 Å². The predicted molar refractivity (Wildman–Crippen MR) is 128 cm³/mol. The maximum Gasteiger partial charge on any atom is 0.123 e. The highest BCUT2D eigenvalue weighted by atomic mass is 16.1. The van der Waals surface area contributed by atoms with Crippen LogP contribution in [0.4, 0.5) is 0 Å². The molecule has 30 heavy (non-hydrogen) atoms. The summed E-state index contributed by atoms with van der Waals surface area (Å²) >= 11 is 0. The van der Waals surface area contributed by atoms with E-state index in [-0.39, 0.29) is 11.3 Å². The van der Waals surface area contributed by atoms with Crippen molar-refractivity contribution in [3.05, 3.63) is 34.9 Å². The summed E-state index contributed by atoms with van der Waals surface area (Å²) in [4.78, 5) is 14.4. The number of nitrogens with zero attached hydrogens (tertiary/aromatic N) is 1. The number of aryl methyl sites for hydroxylation is 1. The van der Waals surface area contributed by atoms with E-state index in [0.29, 0.717) is 5.92 Å². The molecule has 1 aromatic rings. The topological polar surface area (TPSA) is 20.3 Å². The van der Waals surface area contributed by atoms with Gasteiger partial charge in [0.1, 0.15) is 6.29 Å². The molecule has 3 rings (SSSR count). The van der Waals surface area contributed by atoms with Gasteiger partial charge >= 0.3 is 0 Å². The largest absolute Gasteiger partial charge is 0.303 e. The maximum absolute atomic E-state index is 11.9. The van der Waals surface area contributed by atoms with E-state index in [1.54, 1.807) is 5.56 Å². The lowest BCUT2D eigenvalue weighted by molar-refractivity contribution is -0.113. The first-order valence-corrected chi connectivity index (χ1v) is 12.6. The molecule has 0 spiro atoms. The van der Waals surface area contributed by atoms with Gasteiger partial charge in [-0.15, -0.1) is 0 Å². The fourth-order valence-electron chi connectivity index (χ4n) is 6.83. The van der Waals surface area contributed by atoms with Crippen LogP contribution in [0.5, 0.6) is 0 Å².